The van der Waals surface area contributed by atoms with E-state index in [4.69, 9.17) is 0 Å². The second-order valence-corrected chi connectivity index (χ2v) is 6.41. The molecule has 25 heavy (non-hydrogen) atoms. The lowest BCUT2D eigenvalue weighted by Crippen LogP contribution is -2.49. The Morgan fingerprint density at radius 2 is 1.80 bits per heavy atom. The molecule has 2 amide bonds. The summed E-state index contributed by atoms with van der Waals surface area (Å²) in [5.41, 5.74) is 1.20. The van der Waals surface area contributed by atoms with Gasteiger partial charge in [0.2, 0.25) is 11.8 Å². The summed E-state index contributed by atoms with van der Waals surface area (Å²) in [7, 11) is 3.89. The molecule has 1 aliphatic heterocycles. The van der Waals surface area contributed by atoms with E-state index in [0.29, 0.717) is 13.0 Å². The number of benzene rings is 1. The van der Waals surface area contributed by atoms with Crippen LogP contribution in [0.5, 0.6) is 0 Å². The predicted octanol–water partition coefficient (Wildman–Crippen LogP) is 0.959. The molecule has 6 heteroatoms. The van der Waals surface area contributed by atoms with Gasteiger partial charge in [0, 0.05) is 57.5 Å². The minimum absolute atomic E-state index is 0.102. The highest BCUT2D eigenvalue weighted by atomic mass is 16.2. The van der Waals surface area contributed by atoms with Gasteiger partial charge in [-0.2, -0.15) is 0 Å². The number of hydrogen-bond acceptors (Lipinski definition) is 4. The van der Waals surface area contributed by atoms with E-state index in [0.717, 1.165) is 32.7 Å². The molecule has 0 spiro atoms. The van der Waals surface area contributed by atoms with Crippen LogP contribution >= 0.6 is 0 Å². The Hall–Kier alpha value is -2.34. The molecular formula is C19H28N4O2. The zero-order valence-corrected chi connectivity index (χ0v) is 15.1. The molecule has 0 aliphatic carbocycles. The van der Waals surface area contributed by atoms with Crippen molar-refractivity contribution < 1.29 is 9.59 Å². The summed E-state index contributed by atoms with van der Waals surface area (Å²) >= 11 is 0. The molecule has 0 unspecified atom stereocenters. The van der Waals surface area contributed by atoms with Gasteiger partial charge in [-0.3, -0.25) is 9.59 Å². The largest absolute Gasteiger partial charge is 0.368 e. The molecule has 2 rings (SSSR count). The lowest BCUT2D eigenvalue weighted by molar-refractivity contribution is -0.131. The fraction of sp³-hybridized carbons (Fsp3) is 0.474. The molecule has 0 aromatic heterocycles. The molecule has 6 nitrogen and oxygen atoms in total. The quantitative estimate of drug-likeness (QED) is 0.749. The number of para-hydroxylation sites is 1. The standard InChI is InChI=1S/C19H28N4O2/c1-21(2)12-6-9-18(24)20-11-10-19(25)23-15-13-22(14-16-23)17-7-4-3-5-8-17/h3-9H,10-16H2,1-2H3,(H,20,24)/b9-6+. The molecule has 1 heterocycles. The summed E-state index contributed by atoms with van der Waals surface area (Å²) in [4.78, 5) is 30.0. The molecule has 0 bridgehead atoms. The van der Waals surface area contributed by atoms with Gasteiger partial charge < -0.3 is 20.0 Å². The highest BCUT2D eigenvalue weighted by Crippen LogP contribution is 2.15. The average molecular weight is 344 g/mol. The monoisotopic (exact) mass is 344 g/mol. The molecule has 1 fully saturated rings. The molecule has 1 saturated heterocycles. The first kappa shape index (κ1) is 19.0. The summed E-state index contributed by atoms with van der Waals surface area (Å²) < 4.78 is 0. The Labute approximate surface area is 150 Å². The minimum atomic E-state index is -0.149. The Bertz CT molecular complexity index is 578. The van der Waals surface area contributed by atoms with Crippen molar-refractivity contribution in [1.29, 1.82) is 0 Å². The first-order chi connectivity index (χ1) is 12.1. The minimum Gasteiger partial charge on any atom is -0.368 e. The summed E-state index contributed by atoms with van der Waals surface area (Å²) in [5, 5.41) is 2.76. The first-order valence-corrected chi connectivity index (χ1v) is 8.73. The van der Waals surface area contributed by atoms with Crippen molar-refractivity contribution >= 4 is 17.5 Å². The Kier molecular flexibility index (Phi) is 7.47. The van der Waals surface area contributed by atoms with Gasteiger partial charge in [-0.05, 0) is 26.2 Å². The zero-order valence-electron chi connectivity index (χ0n) is 15.1. The number of amides is 2. The third-order valence-electron chi connectivity index (χ3n) is 4.13. The van der Waals surface area contributed by atoms with Crippen LogP contribution in [0.1, 0.15) is 6.42 Å². The van der Waals surface area contributed by atoms with Gasteiger partial charge in [0.1, 0.15) is 0 Å². The van der Waals surface area contributed by atoms with Crippen molar-refractivity contribution in [2.75, 3.05) is 58.3 Å². The number of rotatable bonds is 7. The number of hydrogen-bond donors (Lipinski definition) is 1. The van der Waals surface area contributed by atoms with Gasteiger partial charge in [-0.15, -0.1) is 0 Å². The smallest absolute Gasteiger partial charge is 0.243 e. The SMILES string of the molecule is CN(C)C/C=C/C(=O)NCCC(=O)N1CCN(c2ccccc2)CC1. The fourth-order valence-corrected chi connectivity index (χ4v) is 2.73. The topological polar surface area (TPSA) is 55.9 Å². The third kappa shape index (κ3) is 6.58. The van der Waals surface area contributed by atoms with Crippen LogP contribution in [0.2, 0.25) is 0 Å². The number of carbonyl (C=O) groups excluding carboxylic acids is 2. The van der Waals surface area contributed by atoms with Crippen LogP contribution < -0.4 is 10.2 Å². The highest BCUT2D eigenvalue weighted by molar-refractivity contribution is 5.88. The fourth-order valence-electron chi connectivity index (χ4n) is 2.73. The van der Waals surface area contributed by atoms with E-state index >= 15 is 0 Å². The van der Waals surface area contributed by atoms with Crippen molar-refractivity contribution in [2.45, 2.75) is 6.42 Å². The maximum absolute atomic E-state index is 12.3. The highest BCUT2D eigenvalue weighted by Gasteiger charge is 2.20. The predicted molar refractivity (Wildman–Crippen MR) is 101 cm³/mol. The van der Waals surface area contributed by atoms with Crippen LogP contribution in [0, 0.1) is 0 Å². The van der Waals surface area contributed by atoms with Crippen LogP contribution in [0.25, 0.3) is 0 Å². The molecule has 0 atom stereocenters. The van der Waals surface area contributed by atoms with E-state index in [1.54, 1.807) is 6.08 Å². The van der Waals surface area contributed by atoms with Crippen LogP contribution in [0.15, 0.2) is 42.5 Å². The van der Waals surface area contributed by atoms with E-state index in [1.807, 2.05) is 42.1 Å². The Morgan fingerprint density at radius 1 is 1.12 bits per heavy atom. The number of nitrogens with one attached hydrogen (secondary N) is 1. The van der Waals surface area contributed by atoms with Gasteiger partial charge in [-0.25, -0.2) is 0 Å². The van der Waals surface area contributed by atoms with Gasteiger partial charge in [0.25, 0.3) is 0 Å². The number of carbonyl (C=O) groups is 2. The number of anilines is 1. The molecule has 1 aromatic rings. The molecule has 1 aromatic carbocycles. The number of likely N-dealkylation sites (N-methyl/N-ethyl adjacent to an activating group) is 1. The lowest BCUT2D eigenvalue weighted by atomic mass is 10.2. The first-order valence-electron chi connectivity index (χ1n) is 8.73. The van der Waals surface area contributed by atoms with Gasteiger partial charge in [-0.1, -0.05) is 24.3 Å². The van der Waals surface area contributed by atoms with E-state index in [1.165, 1.54) is 11.8 Å². The lowest BCUT2D eigenvalue weighted by Gasteiger charge is -2.36. The van der Waals surface area contributed by atoms with Crippen LogP contribution in [-0.4, -0.2) is 75.0 Å². The van der Waals surface area contributed by atoms with Crippen molar-refractivity contribution in [1.82, 2.24) is 15.1 Å². The second-order valence-electron chi connectivity index (χ2n) is 6.41. The molecule has 0 radical (unpaired) electrons. The normalized spacial score (nSPS) is 15.0. The van der Waals surface area contributed by atoms with Crippen molar-refractivity contribution in [3.05, 3.63) is 42.5 Å². The van der Waals surface area contributed by atoms with Crippen LogP contribution in [-0.2, 0) is 9.59 Å². The Morgan fingerprint density at radius 3 is 2.44 bits per heavy atom. The summed E-state index contributed by atoms with van der Waals surface area (Å²) in [6.07, 6.45) is 3.67. The van der Waals surface area contributed by atoms with E-state index in [-0.39, 0.29) is 11.8 Å². The van der Waals surface area contributed by atoms with Crippen molar-refractivity contribution in [3.8, 4) is 0 Å². The summed E-state index contributed by atoms with van der Waals surface area (Å²) in [6.45, 7) is 4.24. The second kappa shape index (κ2) is 9.84. The summed E-state index contributed by atoms with van der Waals surface area (Å²) in [5.74, 6) is -0.0474. The average Bonchev–Trinajstić information content (AvgIpc) is 2.62. The molecule has 0 saturated carbocycles. The molecule has 136 valence electrons. The van der Waals surface area contributed by atoms with Crippen LogP contribution in [0.4, 0.5) is 5.69 Å². The number of nitrogens with zero attached hydrogens (tertiary/aromatic N) is 3. The van der Waals surface area contributed by atoms with E-state index < -0.39 is 0 Å². The maximum atomic E-state index is 12.3. The molecular weight excluding hydrogens is 316 g/mol. The molecule has 1 N–H and O–H groups in total. The van der Waals surface area contributed by atoms with Gasteiger partial charge >= 0.3 is 0 Å². The number of piperazine rings is 1. The van der Waals surface area contributed by atoms with Gasteiger partial charge in [0.15, 0.2) is 0 Å². The van der Waals surface area contributed by atoms with E-state index in [2.05, 4.69) is 22.3 Å². The third-order valence-corrected chi connectivity index (χ3v) is 4.13. The maximum Gasteiger partial charge on any atom is 0.243 e. The molecule has 1 aliphatic rings. The van der Waals surface area contributed by atoms with Crippen LogP contribution in [0.3, 0.4) is 0 Å². The van der Waals surface area contributed by atoms with Crippen molar-refractivity contribution in [3.63, 3.8) is 0 Å². The van der Waals surface area contributed by atoms with E-state index in [9.17, 15) is 9.59 Å². The van der Waals surface area contributed by atoms with Gasteiger partial charge in [0.05, 0.1) is 0 Å². The Balaban J connectivity index is 1.65. The zero-order chi connectivity index (χ0) is 18.1. The summed E-state index contributed by atoms with van der Waals surface area (Å²) in [6, 6.07) is 10.3. The van der Waals surface area contributed by atoms with Crippen molar-refractivity contribution in [2.24, 2.45) is 0 Å².